The van der Waals surface area contributed by atoms with Crippen LogP contribution in [0.3, 0.4) is 0 Å². The maximum atomic E-state index is 12.4. The maximum absolute atomic E-state index is 12.4. The van der Waals surface area contributed by atoms with Crippen LogP contribution in [0.4, 0.5) is 5.69 Å². The fraction of sp³-hybridized carbons (Fsp3) is 0.467. The Balaban J connectivity index is 1.90. The summed E-state index contributed by atoms with van der Waals surface area (Å²) in [5.41, 5.74) is 8.04. The average molecular weight is 291 g/mol. The number of amides is 1. The molecule has 21 heavy (non-hydrogen) atoms. The lowest BCUT2D eigenvalue weighted by atomic mass is 10.1. The summed E-state index contributed by atoms with van der Waals surface area (Å²) >= 11 is 0. The molecule has 1 aliphatic heterocycles. The number of piperazine rings is 1. The van der Waals surface area contributed by atoms with E-state index >= 15 is 0 Å². The molecule has 0 unspecified atom stereocenters. The fourth-order valence-corrected chi connectivity index (χ4v) is 2.38. The number of anilines is 1. The van der Waals surface area contributed by atoms with Crippen LogP contribution in [0.5, 0.6) is 0 Å². The Morgan fingerprint density at radius 3 is 2.48 bits per heavy atom. The van der Waals surface area contributed by atoms with Crippen LogP contribution < -0.4 is 5.73 Å². The first kappa shape index (κ1) is 15.3. The number of aryl methyl sites for hydroxylation is 1. The van der Waals surface area contributed by atoms with Gasteiger partial charge in [-0.15, -0.1) is 0 Å². The van der Waals surface area contributed by atoms with E-state index in [1.807, 2.05) is 13.0 Å². The van der Waals surface area contributed by atoms with Crippen molar-refractivity contribution in [3.63, 3.8) is 0 Å². The number of carbonyl (C=O) groups is 2. The van der Waals surface area contributed by atoms with Crippen molar-refractivity contribution in [2.75, 3.05) is 38.5 Å². The average Bonchev–Trinajstić information content (AvgIpc) is 2.48. The quantitative estimate of drug-likeness (QED) is 0.802. The molecule has 0 radical (unpaired) electrons. The van der Waals surface area contributed by atoms with E-state index in [9.17, 15) is 9.59 Å². The second kappa shape index (κ2) is 6.58. The highest BCUT2D eigenvalue weighted by molar-refractivity contribution is 5.95. The Hall–Kier alpha value is -2.08. The first-order valence-electron chi connectivity index (χ1n) is 7.07. The number of nitrogens with zero attached hydrogens (tertiary/aromatic N) is 2. The monoisotopic (exact) mass is 291 g/mol. The summed E-state index contributed by atoms with van der Waals surface area (Å²) in [6.45, 7) is 5.10. The molecule has 1 fully saturated rings. The molecular weight excluding hydrogens is 270 g/mol. The molecule has 1 heterocycles. The van der Waals surface area contributed by atoms with Gasteiger partial charge >= 0.3 is 5.97 Å². The zero-order chi connectivity index (χ0) is 15.4. The first-order valence-corrected chi connectivity index (χ1v) is 7.07. The number of carboxylic acid groups (broad SMARTS) is 1. The molecule has 2 rings (SSSR count). The molecule has 0 atom stereocenters. The molecular formula is C15H21N3O3. The van der Waals surface area contributed by atoms with Crippen LogP contribution in [0.25, 0.3) is 0 Å². The SMILES string of the molecule is Cc1ccc(C(=O)N2CCN(CCC(=O)O)CC2)cc1N. The number of benzene rings is 1. The molecule has 1 aromatic rings. The third-order valence-electron chi connectivity index (χ3n) is 3.83. The molecule has 1 aliphatic rings. The molecule has 6 heteroatoms. The number of carbonyl (C=O) groups excluding carboxylic acids is 1. The number of nitrogen functional groups attached to an aromatic ring is 1. The Morgan fingerprint density at radius 1 is 1.24 bits per heavy atom. The topological polar surface area (TPSA) is 86.9 Å². The lowest BCUT2D eigenvalue weighted by Gasteiger charge is -2.34. The minimum atomic E-state index is -0.788. The highest BCUT2D eigenvalue weighted by Gasteiger charge is 2.22. The summed E-state index contributed by atoms with van der Waals surface area (Å²) in [6, 6.07) is 5.37. The Bertz CT molecular complexity index is 537. The minimum Gasteiger partial charge on any atom is -0.481 e. The van der Waals surface area contributed by atoms with Gasteiger partial charge in [0, 0.05) is 44.0 Å². The van der Waals surface area contributed by atoms with Gasteiger partial charge in [0.2, 0.25) is 0 Å². The van der Waals surface area contributed by atoms with Crippen molar-refractivity contribution in [3.8, 4) is 0 Å². The number of hydrogen-bond donors (Lipinski definition) is 2. The molecule has 0 saturated carbocycles. The number of hydrogen-bond acceptors (Lipinski definition) is 4. The van der Waals surface area contributed by atoms with Crippen molar-refractivity contribution in [1.82, 2.24) is 9.80 Å². The second-order valence-electron chi connectivity index (χ2n) is 5.35. The predicted octanol–water partition coefficient (Wildman–Crippen LogP) is 0.810. The van der Waals surface area contributed by atoms with E-state index in [0.29, 0.717) is 44.0 Å². The number of nitrogens with two attached hydrogens (primary N) is 1. The molecule has 0 spiro atoms. The van der Waals surface area contributed by atoms with Crippen molar-refractivity contribution in [3.05, 3.63) is 29.3 Å². The summed E-state index contributed by atoms with van der Waals surface area (Å²) < 4.78 is 0. The predicted molar refractivity (Wildman–Crippen MR) is 80.2 cm³/mol. The van der Waals surface area contributed by atoms with Crippen molar-refractivity contribution < 1.29 is 14.7 Å². The summed E-state index contributed by atoms with van der Waals surface area (Å²) in [6.07, 6.45) is 0.141. The maximum Gasteiger partial charge on any atom is 0.304 e. The van der Waals surface area contributed by atoms with Gasteiger partial charge in [-0.3, -0.25) is 14.5 Å². The van der Waals surface area contributed by atoms with E-state index in [-0.39, 0.29) is 12.3 Å². The van der Waals surface area contributed by atoms with Gasteiger partial charge in [0.15, 0.2) is 0 Å². The third kappa shape index (κ3) is 3.95. The van der Waals surface area contributed by atoms with Crippen molar-refractivity contribution >= 4 is 17.6 Å². The molecule has 0 aromatic heterocycles. The molecule has 0 aliphatic carbocycles. The summed E-state index contributed by atoms with van der Waals surface area (Å²) in [5, 5.41) is 8.68. The minimum absolute atomic E-state index is 0.0143. The van der Waals surface area contributed by atoms with Crippen LogP contribution in [-0.4, -0.2) is 59.5 Å². The lowest BCUT2D eigenvalue weighted by Crippen LogP contribution is -2.49. The van der Waals surface area contributed by atoms with Gasteiger partial charge in [0.05, 0.1) is 6.42 Å². The van der Waals surface area contributed by atoms with E-state index in [0.717, 1.165) is 5.56 Å². The van der Waals surface area contributed by atoms with Crippen LogP contribution >= 0.6 is 0 Å². The standard InChI is InChI=1S/C15H21N3O3/c1-11-2-3-12(10-13(11)16)15(21)18-8-6-17(7-9-18)5-4-14(19)20/h2-3,10H,4-9,16H2,1H3,(H,19,20). The second-order valence-corrected chi connectivity index (χ2v) is 5.35. The van der Waals surface area contributed by atoms with E-state index in [2.05, 4.69) is 4.90 Å². The number of carboxylic acids is 1. The van der Waals surface area contributed by atoms with Crippen molar-refractivity contribution in [1.29, 1.82) is 0 Å². The van der Waals surface area contributed by atoms with Gasteiger partial charge in [-0.1, -0.05) is 6.07 Å². The molecule has 1 amide bonds. The van der Waals surface area contributed by atoms with E-state index in [1.54, 1.807) is 17.0 Å². The number of aliphatic carboxylic acids is 1. The number of rotatable bonds is 4. The molecule has 1 aromatic carbocycles. The van der Waals surface area contributed by atoms with Crippen LogP contribution in [-0.2, 0) is 4.79 Å². The smallest absolute Gasteiger partial charge is 0.304 e. The van der Waals surface area contributed by atoms with Crippen LogP contribution in [0.2, 0.25) is 0 Å². The summed E-state index contributed by atoms with van der Waals surface area (Å²) in [5.74, 6) is -0.803. The van der Waals surface area contributed by atoms with Crippen LogP contribution in [0.1, 0.15) is 22.3 Å². The van der Waals surface area contributed by atoms with Crippen molar-refractivity contribution in [2.45, 2.75) is 13.3 Å². The van der Waals surface area contributed by atoms with Crippen LogP contribution in [0, 0.1) is 6.92 Å². The van der Waals surface area contributed by atoms with Crippen molar-refractivity contribution in [2.24, 2.45) is 0 Å². The largest absolute Gasteiger partial charge is 0.481 e. The van der Waals surface area contributed by atoms with Gasteiger partial charge in [0.1, 0.15) is 0 Å². The zero-order valence-electron chi connectivity index (χ0n) is 12.2. The van der Waals surface area contributed by atoms with E-state index < -0.39 is 5.97 Å². The highest BCUT2D eigenvalue weighted by atomic mass is 16.4. The molecule has 3 N–H and O–H groups in total. The van der Waals surface area contributed by atoms with E-state index in [1.165, 1.54) is 0 Å². The Morgan fingerprint density at radius 2 is 1.90 bits per heavy atom. The first-order chi connectivity index (χ1) is 9.97. The molecule has 0 bridgehead atoms. The summed E-state index contributed by atoms with van der Waals surface area (Å²) in [7, 11) is 0. The molecule has 114 valence electrons. The van der Waals surface area contributed by atoms with Gasteiger partial charge in [-0.25, -0.2) is 0 Å². The normalized spacial score (nSPS) is 16.0. The Labute approximate surface area is 124 Å². The van der Waals surface area contributed by atoms with Crippen LogP contribution in [0.15, 0.2) is 18.2 Å². The van der Waals surface area contributed by atoms with Gasteiger partial charge in [-0.05, 0) is 24.6 Å². The third-order valence-corrected chi connectivity index (χ3v) is 3.83. The molecule has 1 saturated heterocycles. The van der Waals surface area contributed by atoms with E-state index in [4.69, 9.17) is 10.8 Å². The molecule has 6 nitrogen and oxygen atoms in total. The van der Waals surface area contributed by atoms with Gasteiger partial charge in [0.25, 0.3) is 5.91 Å². The lowest BCUT2D eigenvalue weighted by molar-refractivity contribution is -0.137. The fourth-order valence-electron chi connectivity index (χ4n) is 2.38. The zero-order valence-corrected chi connectivity index (χ0v) is 12.2. The Kier molecular flexibility index (Phi) is 4.80. The highest BCUT2D eigenvalue weighted by Crippen LogP contribution is 2.15. The van der Waals surface area contributed by atoms with Gasteiger partial charge in [-0.2, -0.15) is 0 Å². The van der Waals surface area contributed by atoms with Gasteiger partial charge < -0.3 is 15.7 Å². The summed E-state index contributed by atoms with van der Waals surface area (Å²) in [4.78, 5) is 26.8.